The number of hydrogen-bond acceptors (Lipinski definition) is 4. The van der Waals surface area contributed by atoms with Crippen molar-refractivity contribution >= 4 is 23.1 Å². The number of benzene rings is 2. The Balaban J connectivity index is 1.87. The van der Waals surface area contributed by atoms with Crippen molar-refractivity contribution in [3.63, 3.8) is 0 Å². The van der Waals surface area contributed by atoms with E-state index in [-0.39, 0.29) is 0 Å². The summed E-state index contributed by atoms with van der Waals surface area (Å²) in [5, 5.41) is 2.98. The molecule has 0 aliphatic carbocycles. The van der Waals surface area contributed by atoms with Crippen LogP contribution in [0.25, 0.3) is 0 Å². The van der Waals surface area contributed by atoms with Gasteiger partial charge in [0.05, 0.1) is 5.56 Å². The number of alkyl halides is 3. The van der Waals surface area contributed by atoms with Gasteiger partial charge in [0.25, 0.3) is 0 Å². The maximum Gasteiger partial charge on any atom is 0.416 e. The van der Waals surface area contributed by atoms with E-state index in [0.29, 0.717) is 24.0 Å². The zero-order valence-corrected chi connectivity index (χ0v) is 15.0. The van der Waals surface area contributed by atoms with Crippen LogP contribution in [0.15, 0.2) is 60.7 Å². The number of nitrogens with zero attached hydrogens (tertiary/aromatic N) is 3. The molecule has 1 N–H and O–H groups in total. The van der Waals surface area contributed by atoms with Crippen molar-refractivity contribution in [2.45, 2.75) is 20.0 Å². The largest absolute Gasteiger partial charge is 0.416 e. The van der Waals surface area contributed by atoms with Gasteiger partial charge in [-0.25, -0.2) is 4.98 Å². The fourth-order valence-corrected chi connectivity index (χ4v) is 2.70. The summed E-state index contributed by atoms with van der Waals surface area (Å²) < 4.78 is 38.1. The first-order valence-corrected chi connectivity index (χ1v) is 8.49. The highest BCUT2D eigenvalue weighted by Crippen LogP contribution is 2.30. The van der Waals surface area contributed by atoms with E-state index in [0.717, 1.165) is 23.5 Å². The monoisotopic (exact) mass is 372 g/mol. The molecule has 0 atom stereocenters. The average molecular weight is 372 g/mol. The summed E-state index contributed by atoms with van der Waals surface area (Å²) in [5.41, 5.74) is 1.55. The van der Waals surface area contributed by atoms with E-state index in [9.17, 15) is 13.2 Å². The van der Waals surface area contributed by atoms with Crippen LogP contribution in [0.1, 0.15) is 18.2 Å². The van der Waals surface area contributed by atoms with Crippen molar-refractivity contribution in [1.82, 2.24) is 9.97 Å². The first-order chi connectivity index (χ1) is 12.9. The lowest BCUT2D eigenvalue weighted by molar-refractivity contribution is -0.137. The second kappa shape index (κ2) is 7.65. The Bertz CT molecular complexity index is 893. The normalized spacial score (nSPS) is 11.3. The molecule has 0 aliphatic rings. The molecule has 0 aliphatic heterocycles. The van der Waals surface area contributed by atoms with E-state index >= 15 is 0 Å². The van der Waals surface area contributed by atoms with Gasteiger partial charge < -0.3 is 10.2 Å². The number of aryl methyl sites for hydroxylation is 1. The van der Waals surface area contributed by atoms with Crippen molar-refractivity contribution in [1.29, 1.82) is 0 Å². The van der Waals surface area contributed by atoms with Crippen LogP contribution in [0, 0.1) is 6.92 Å². The predicted octanol–water partition coefficient (Wildman–Crippen LogP) is 5.71. The topological polar surface area (TPSA) is 41.1 Å². The second-order valence-corrected chi connectivity index (χ2v) is 5.97. The van der Waals surface area contributed by atoms with Gasteiger partial charge in [0.2, 0.25) is 5.95 Å². The van der Waals surface area contributed by atoms with Crippen molar-refractivity contribution < 1.29 is 13.2 Å². The number of nitrogens with one attached hydrogen (secondary N) is 1. The Morgan fingerprint density at radius 3 is 2.22 bits per heavy atom. The van der Waals surface area contributed by atoms with Crippen LogP contribution in [0.3, 0.4) is 0 Å². The van der Waals surface area contributed by atoms with Crippen molar-refractivity contribution in [3.05, 3.63) is 71.9 Å². The van der Waals surface area contributed by atoms with E-state index in [1.807, 2.05) is 55.1 Å². The summed E-state index contributed by atoms with van der Waals surface area (Å²) in [6, 6.07) is 16.5. The van der Waals surface area contributed by atoms with E-state index < -0.39 is 11.7 Å². The summed E-state index contributed by atoms with van der Waals surface area (Å²) in [4.78, 5) is 10.9. The Labute approximate surface area is 155 Å². The zero-order chi connectivity index (χ0) is 19.4. The highest BCUT2D eigenvalue weighted by Gasteiger charge is 2.29. The third-order valence-corrected chi connectivity index (χ3v) is 3.97. The molecule has 0 unspecified atom stereocenters. The lowest BCUT2D eigenvalue weighted by Gasteiger charge is -2.23. The molecule has 1 heterocycles. The molecular weight excluding hydrogens is 353 g/mol. The van der Waals surface area contributed by atoms with Crippen LogP contribution in [0.2, 0.25) is 0 Å². The van der Waals surface area contributed by atoms with Gasteiger partial charge >= 0.3 is 6.18 Å². The molecule has 3 rings (SSSR count). The fourth-order valence-electron chi connectivity index (χ4n) is 2.70. The lowest BCUT2D eigenvalue weighted by Crippen LogP contribution is -2.18. The number of hydrogen-bond donors (Lipinski definition) is 1. The van der Waals surface area contributed by atoms with Crippen LogP contribution < -0.4 is 10.2 Å². The van der Waals surface area contributed by atoms with Crippen molar-refractivity contribution in [2.24, 2.45) is 0 Å². The van der Waals surface area contributed by atoms with Crippen LogP contribution in [0.5, 0.6) is 0 Å². The zero-order valence-electron chi connectivity index (χ0n) is 15.0. The third kappa shape index (κ3) is 4.55. The molecule has 140 valence electrons. The Kier molecular flexibility index (Phi) is 5.30. The molecule has 3 aromatic rings. The van der Waals surface area contributed by atoms with E-state index in [1.54, 1.807) is 0 Å². The summed E-state index contributed by atoms with van der Waals surface area (Å²) >= 11 is 0. The molecule has 0 bridgehead atoms. The fraction of sp³-hybridized carbons (Fsp3) is 0.200. The summed E-state index contributed by atoms with van der Waals surface area (Å²) in [5.74, 6) is 1.05. The molecule has 4 nitrogen and oxygen atoms in total. The van der Waals surface area contributed by atoms with Crippen LogP contribution >= 0.6 is 0 Å². The average Bonchev–Trinajstić information content (AvgIpc) is 2.62. The first kappa shape index (κ1) is 18.7. The standard InChI is InChI=1S/C20H19F3N4/c1-3-27(17-7-5-4-6-8-17)18-13-14(2)24-19(26-18)25-16-11-9-15(10-12-16)20(21,22)23/h4-13H,3H2,1-2H3,(H,24,25,26). The van der Waals surface area contributed by atoms with Gasteiger partial charge in [-0.05, 0) is 50.2 Å². The molecule has 0 amide bonds. The highest BCUT2D eigenvalue weighted by atomic mass is 19.4. The minimum absolute atomic E-state index is 0.333. The lowest BCUT2D eigenvalue weighted by atomic mass is 10.2. The second-order valence-electron chi connectivity index (χ2n) is 5.97. The Morgan fingerprint density at radius 1 is 0.963 bits per heavy atom. The molecule has 0 saturated carbocycles. The molecule has 0 spiro atoms. The molecule has 27 heavy (non-hydrogen) atoms. The summed E-state index contributed by atoms with van der Waals surface area (Å²) in [6.07, 6.45) is -4.36. The van der Waals surface area contributed by atoms with Crippen LogP contribution in [-0.2, 0) is 6.18 Å². The van der Waals surface area contributed by atoms with Gasteiger partial charge in [-0.1, -0.05) is 18.2 Å². The number of aromatic nitrogens is 2. The predicted molar refractivity (Wildman–Crippen MR) is 101 cm³/mol. The van der Waals surface area contributed by atoms with Crippen LogP contribution in [-0.4, -0.2) is 16.5 Å². The summed E-state index contributed by atoms with van der Waals surface area (Å²) in [7, 11) is 0. The molecule has 2 aromatic carbocycles. The minimum Gasteiger partial charge on any atom is -0.326 e. The van der Waals surface area contributed by atoms with Gasteiger partial charge in [0, 0.05) is 29.7 Å². The van der Waals surface area contributed by atoms with E-state index in [4.69, 9.17) is 0 Å². The van der Waals surface area contributed by atoms with Gasteiger partial charge in [-0.2, -0.15) is 18.2 Å². The van der Waals surface area contributed by atoms with Gasteiger partial charge in [-0.15, -0.1) is 0 Å². The van der Waals surface area contributed by atoms with Crippen LogP contribution in [0.4, 0.5) is 36.3 Å². The van der Waals surface area contributed by atoms with E-state index in [2.05, 4.69) is 15.3 Å². The molecular formula is C20H19F3N4. The molecule has 0 fully saturated rings. The van der Waals surface area contributed by atoms with Crippen molar-refractivity contribution in [2.75, 3.05) is 16.8 Å². The SMILES string of the molecule is CCN(c1ccccc1)c1cc(C)nc(Nc2ccc(C(F)(F)F)cc2)n1. The van der Waals surface area contributed by atoms with Gasteiger partial charge in [-0.3, -0.25) is 0 Å². The maximum absolute atomic E-state index is 12.7. The molecule has 0 saturated heterocycles. The number of anilines is 4. The van der Waals surface area contributed by atoms with Gasteiger partial charge in [0.15, 0.2) is 0 Å². The number of rotatable bonds is 5. The quantitative estimate of drug-likeness (QED) is 0.623. The highest BCUT2D eigenvalue weighted by molar-refractivity contribution is 5.62. The van der Waals surface area contributed by atoms with Crippen molar-refractivity contribution in [3.8, 4) is 0 Å². The third-order valence-electron chi connectivity index (χ3n) is 3.97. The number of para-hydroxylation sites is 1. The summed E-state index contributed by atoms with van der Waals surface area (Å²) in [6.45, 7) is 4.58. The first-order valence-electron chi connectivity index (χ1n) is 8.49. The van der Waals surface area contributed by atoms with Gasteiger partial charge in [0.1, 0.15) is 5.82 Å². The van der Waals surface area contributed by atoms with E-state index in [1.165, 1.54) is 12.1 Å². The Hall–Kier alpha value is -3.09. The maximum atomic E-state index is 12.7. The molecule has 7 heteroatoms. The smallest absolute Gasteiger partial charge is 0.326 e. The molecule has 1 aromatic heterocycles. The minimum atomic E-state index is -4.36. The Morgan fingerprint density at radius 2 is 1.63 bits per heavy atom. The molecule has 0 radical (unpaired) electrons. The number of halogens is 3.